The highest BCUT2D eigenvalue weighted by Crippen LogP contribution is 2.38. The summed E-state index contributed by atoms with van der Waals surface area (Å²) in [5, 5.41) is 10.2. The Morgan fingerprint density at radius 2 is 1.84 bits per heavy atom. The van der Waals surface area contributed by atoms with E-state index in [1.165, 1.54) is 38.8 Å². The molecule has 2 heterocycles. The smallest absolute Gasteiger partial charge is 0.475 e. The molecule has 31 heavy (non-hydrogen) atoms. The van der Waals surface area contributed by atoms with Gasteiger partial charge in [-0.25, -0.2) is 4.79 Å². The van der Waals surface area contributed by atoms with E-state index >= 15 is 0 Å². The quantitative estimate of drug-likeness (QED) is 0.730. The minimum atomic E-state index is -5.08. The monoisotopic (exact) mass is 442 g/mol. The first kappa shape index (κ1) is 23.5. The molecular formula is C22H29F3N2O4. The molecule has 3 fully saturated rings. The van der Waals surface area contributed by atoms with E-state index < -0.39 is 12.1 Å². The van der Waals surface area contributed by atoms with Crippen LogP contribution in [0.2, 0.25) is 0 Å². The summed E-state index contributed by atoms with van der Waals surface area (Å²) in [6, 6.07) is 9.43. The molecule has 4 rings (SSSR count). The summed E-state index contributed by atoms with van der Waals surface area (Å²) in [6.07, 6.45) is 2.51. The number of carbonyl (C=O) groups excluding carboxylic acids is 1. The Labute approximate surface area is 179 Å². The summed E-state index contributed by atoms with van der Waals surface area (Å²) >= 11 is 0. The number of alkyl halides is 3. The zero-order valence-electron chi connectivity index (χ0n) is 17.4. The molecular weight excluding hydrogens is 413 g/mol. The third-order valence-corrected chi connectivity index (χ3v) is 5.95. The fraction of sp³-hybridized carbons (Fsp3) is 0.636. The summed E-state index contributed by atoms with van der Waals surface area (Å²) in [7, 11) is 0. The fourth-order valence-corrected chi connectivity index (χ4v) is 4.21. The molecule has 0 radical (unpaired) electrons. The SMILES string of the molecule is O=C(NC[C@H]1CCC[C@]2(CCN(CC3CC3)C2)O1)c1ccccc1.O=C(O)C(F)(F)F. The molecule has 6 nitrogen and oxygen atoms in total. The number of likely N-dealkylation sites (tertiary alicyclic amines) is 1. The van der Waals surface area contributed by atoms with Gasteiger partial charge in [-0.05, 0) is 56.6 Å². The number of nitrogens with zero attached hydrogens (tertiary/aromatic N) is 1. The maximum atomic E-state index is 12.2. The number of ether oxygens (including phenoxy) is 1. The van der Waals surface area contributed by atoms with Crippen molar-refractivity contribution in [1.29, 1.82) is 0 Å². The highest BCUT2D eigenvalue weighted by Gasteiger charge is 2.44. The molecule has 1 aromatic rings. The summed E-state index contributed by atoms with van der Waals surface area (Å²) < 4.78 is 38.2. The van der Waals surface area contributed by atoms with Crippen molar-refractivity contribution in [2.24, 2.45) is 5.92 Å². The number of halogens is 3. The molecule has 2 saturated heterocycles. The molecule has 2 aliphatic heterocycles. The topological polar surface area (TPSA) is 78.9 Å². The van der Waals surface area contributed by atoms with Crippen LogP contribution in [0.3, 0.4) is 0 Å². The lowest BCUT2D eigenvalue weighted by molar-refractivity contribution is -0.192. The number of carboxylic acids is 1. The molecule has 0 unspecified atom stereocenters. The number of carbonyl (C=O) groups is 2. The highest BCUT2D eigenvalue weighted by atomic mass is 19.4. The van der Waals surface area contributed by atoms with Gasteiger partial charge in [0.2, 0.25) is 0 Å². The molecule has 0 bridgehead atoms. The second-order valence-corrected chi connectivity index (χ2v) is 8.62. The van der Waals surface area contributed by atoms with E-state index in [1.807, 2.05) is 30.3 Å². The largest absolute Gasteiger partial charge is 0.490 e. The maximum absolute atomic E-state index is 12.2. The van der Waals surface area contributed by atoms with E-state index in [4.69, 9.17) is 14.6 Å². The van der Waals surface area contributed by atoms with Gasteiger partial charge in [-0.2, -0.15) is 13.2 Å². The van der Waals surface area contributed by atoms with Gasteiger partial charge in [0.25, 0.3) is 5.91 Å². The van der Waals surface area contributed by atoms with Crippen molar-refractivity contribution < 1.29 is 32.6 Å². The van der Waals surface area contributed by atoms with Crippen LogP contribution in [0, 0.1) is 5.92 Å². The first-order valence-electron chi connectivity index (χ1n) is 10.7. The average molecular weight is 442 g/mol. The van der Waals surface area contributed by atoms with Gasteiger partial charge in [0, 0.05) is 31.7 Å². The molecule has 1 saturated carbocycles. The van der Waals surface area contributed by atoms with E-state index in [1.54, 1.807) is 0 Å². The van der Waals surface area contributed by atoms with Crippen LogP contribution in [0.5, 0.6) is 0 Å². The molecule has 0 aromatic heterocycles. The number of amides is 1. The second-order valence-electron chi connectivity index (χ2n) is 8.62. The van der Waals surface area contributed by atoms with Crippen molar-refractivity contribution in [3.05, 3.63) is 35.9 Å². The summed E-state index contributed by atoms with van der Waals surface area (Å²) in [5.74, 6) is -1.81. The summed E-state index contributed by atoms with van der Waals surface area (Å²) in [5.41, 5.74) is 0.773. The van der Waals surface area contributed by atoms with Crippen molar-refractivity contribution in [3.63, 3.8) is 0 Å². The van der Waals surface area contributed by atoms with Gasteiger partial charge in [-0.3, -0.25) is 4.79 Å². The standard InChI is InChI=1S/C20H28N2O2.C2HF3O2/c23-19(17-5-2-1-3-6-17)21-13-18-7-4-10-20(24-18)11-12-22(15-20)14-16-8-9-16;3-2(4,5)1(6)7/h1-3,5-6,16,18H,4,7-15H2,(H,21,23);(H,6,7)/t18-,20-;/m1./s1. The Balaban J connectivity index is 0.000000339. The van der Waals surface area contributed by atoms with E-state index in [-0.39, 0.29) is 17.6 Å². The third kappa shape index (κ3) is 7.21. The van der Waals surface area contributed by atoms with Crippen LogP contribution < -0.4 is 5.32 Å². The summed E-state index contributed by atoms with van der Waals surface area (Å²) in [6.45, 7) is 4.16. The number of rotatable bonds is 5. The van der Waals surface area contributed by atoms with Gasteiger partial charge in [0.15, 0.2) is 0 Å². The van der Waals surface area contributed by atoms with Crippen LogP contribution in [0.25, 0.3) is 0 Å². The van der Waals surface area contributed by atoms with Gasteiger partial charge >= 0.3 is 12.1 Å². The molecule has 3 aliphatic rings. The fourth-order valence-electron chi connectivity index (χ4n) is 4.21. The van der Waals surface area contributed by atoms with E-state index in [0.717, 1.165) is 30.9 Å². The minimum Gasteiger partial charge on any atom is -0.475 e. The molecule has 1 amide bonds. The van der Waals surface area contributed by atoms with E-state index in [0.29, 0.717) is 6.54 Å². The Kier molecular flexibility index (Phi) is 7.59. The molecule has 1 spiro atoms. The van der Waals surface area contributed by atoms with Crippen molar-refractivity contribution in [3.8, 4) is 0 Å². The van der Waals surface area contributed by atoms with E-state index in [9.17, 15) is 18.0 Å². The third-order valence-electron chi connectivity index (χ3n) is 5.95. The lowest BCUT2D eigenvalue weighted by atomic mass is 9.90. The van der Waals surface area contributed by atoms with Gasteiger partial charge in [-0.1, -0.05) is 18.2 Å². The van der Waals surface area contributed by atoms with Crippen LogP contribution in [0.1, 0.15) is 48.9 Å². The van der Waals surface area contributed by atoms with Crippen LogP contribution in [0.15, 0.2) is 30.3 Å². The van der Waals surface area contributed by atoms with Gasteiger partial charge in [0.05, 0.1) is 11.7 Å². The minimum absolute atomic E-state index is 0.000560. The zero-order chi connectivity index (χ0) is 22.5. The van der Waals surface area contributed by atoms with Crippen molar-refractivity contribution in [1.82, 2.24) is 10.2 Å². The Hall–Kier alpha value is -2.13. The normalized spacial score (nSPS) is 26.2. The predicted molar refractivity (Wildman–Crippen MR) is 108 cm³/mol. The number of aliphatic carboxylic acids is 1. The molecule has 1 aliphatic carbocycles. The van der Waals surface area contributed by atoms with Crippen molar-refractivity contribution >= 4 is 11.9 Å². The molecule has 172 valence electrons. The second kappa shape index (κ2) is 9.99. The van der Waals surface area contributed by atoms with Crippen LogP contribution >= 0.6 is 0 Å². The number of hydrogen-bond donors (Lipinski definition) is 2. The molecule has 2 atom stereocenters. The molecule has 2 N–H and O–H groups in total. The number of nitrogens with one attached hydrogen (secondary N) is 1. The average Bonchev–Trinajstić information content (AvgIpc) is 3.47. The van der Waals surface area contributed by atoms with Crippen LogP contribution in [0.4, 0.5) is 13.2 Å². The molecule has 1 aromatic carbocycles. The highest BCUT2D eigenvalue weighted by molar-refractivity contribution is 5.94. The zero-order valence-corrected chi connectivity index (χ0v) is 17.4. The lowest BCUT2D eigenvalue weighted by Crippen LogP contribution is -2.47. The van der Waals surface area contributed by atoms with Crippen molar-refractivity contribution in [2.45, 2.75) is 56.4 Å². The Morgan fingerprint density at radius 3 is 2.45 bits per heavy atom. The maximum Gasteiger partial charge on any atom is 0.490 e. The van der Waals surface area contributed by atoms with Crippen LogP contribution in [-0.4, -0.2) is 65.9 Å². The number of hydrogen-bond acceptors (Lipinski definition) is 4. The van der Waals surface area contributed by atoms with Crippen LogP contribution in [-0.2, 0) is 9.53 Å². The molecule has 9 heteroatoms. The van der Waals surface area contributed by atoms with E-state index in [2.05, 4.69) is 10.2 Å². The van der Waals surface area contributed by atoms with Gasteiger partial charge in [-0.15, -0.1) is 0 Å². The van der Waals surface area contributed by atoms with Gasteiger partial charge in [0.1, 0.15) is 0 Å². The Morgan fingerprint density at radius 1 is 1.16 bits per heavy atom. The van der Waals surface area contributed by atoms with Crippen molar-refractivity contribution in [2.75, 3.05) is 26.2 Å². The summed E-state index contributed by atoms with van der Waals surface area (Å²) in [4.78, 5) is 23.7. The lowest BCUT2D eigenvalue weighted by Gasteiger charge is -2.39. The van der Waals surface area contributed by atoms with Gasteiger partial charge < -0.3 is 20.1 Å². The Bertz CT molecular complexity index is 755. The number of carboxylic acid groups (broad SMARTS) is 1. The first-order valence-corrected chi connectivity index (χ1v) is 10.7. The predicted octanol–water partition coefficient (Wildman–Crippen LogP) is 3.47. The first-order chi connectivity index (χ1) is 14.7. The number of benzene rings is 1.